The molecule has 0 amide bonds. The molecular weight excluding hydrogens is 160 g/mol. The van der Waals surface area contributed by atoms with E-state index in [2.05, 4.69) is 27.1 Å². The number of hydrogen-bond donors (Lipinski definition) is 0. The highest BCUT2D eigenvalue weighted by Crippen LogP contribution is 2.39. The van der Waals surface area contributed by atoms with Gasteiger partial charge in [-0.2, -0.15) is 0 Å². The summed E-state index contributed by atoms with van der Waals surface area (Å²) >= 11 is 0. The minimum Gasteiger partial charge on any atom is -0.291 e. The molecule has 3 atom stereocenters. The third kappa shape index (κ3) is 2.82. The second-order valence-electron chi connectivity index (χ2n) is 4.93. The summed E-state index contributed by atoms with van der Waals surface area (Å²) in [5.41, 5.74) is 0. The minimum atomic E-state index is 0.612. The molecule has 1 aliphatic rings. The van der Waals surface area contributed by atoms with Crippen molar-refractivity contribution in [2.24, 2.45) is 23.7 Å². The Balaban J connectivity index is 2.54. The first kappa shape index (κ1) is 10.7. The Kier molecular flexibility index (Phi) is 3.95. The first-order valence-corrected chi connectivity index (χ1v) is 5.50. The van der Waals surface area contributed by atoms with Crippen LogP contribution in [0.25, 0.3) is 0 Å². The lowest BCUT2D eigenvalue weighted by atomic mass is 9.69. The molecule has 0 aromatic carbocycles. The van der Waals surface area contributed by atoms with Crippen molar-refractivity contribution in [3.05, 3.63) is 0 Å². The Morgan fingerprint density at radius 3 is 2.62 bits per heavy atom. The monoisotopic (exact) mass is 181 g/mol. The highest BCUT2D eigenvalue weighted by molar-refractivity contribution is 5.50. The van der Waals surface area contributed by atoms with Crippen LogP contribution in [0.4, 0.5) is 0 Å². The summed E-state index contributed by atoms with van der Waals surface area (Å²) in [7, 11) is 0. The van der Waals surface area contributed by atoms with E-state index in [-0.39, 0.29) is 0 Å². The van der Waals surface area contributed by atoms with Crippen LogP contribution < -0.4 is 0 Å². The molecule has 0 spiro atoms. The molecule has 0 N–H and O–H groups in total. The molecule has 0 aliphatic heterocycles. The first-order valence-electron chi connectivity index (χ1n) is 5.50. The summed E-state index contributed by atoms with van der Waals surface area (Å²) in [6.07, 6.45) is 6.64. The van der Waals surface area contributed by atoms with Crippen molar-refractivity contribution in [1.82, 2.24) is 0 Å². The van der Waals surface area contributed by atoms with Gasteiger partial charge in [0.15, 0.2) is 6.29 Å². The van der Waals surface area contributed by atoms with Crippen molar-refractivity contribution in [3.8, 4) is 0 Å². The van der Waals surface area contributed by atoms with E-state index >= 15 is 0 Å². The van der Waals surface area contributed by atoms with Crippen molar-refractivity contribution in [2.45, 2.75) is 46.5 Å². The fraction of sp³-hybridized carbons (Fsp3) is 0.917. The van der Waals surface area contributed by atoms with Gasteiger partial charge in [-0.1, -0.05) is 27.2 Å². The van der Waals surface area contributed by atoms with Gasteiger partial charge in [0.25, 0.3) is 0 Å². The van der Waals surface area contributed by atoms with Crippen molar-refractivity contribution < 1.29 is 4.79 Å². The fourth-order valence-electron chi connectivity index (χ4n) is 2.74. The average molecular weight is 181 g/mol. The van der Waals surface area contributed by atoms with Crippen LogP contribution in [0.1, 0.15) is 46.5 Å². The van der Waals surface area contributed by atoms with E-state index in [9.17, 15) is 4.79 Å². The van der Waals surface area contributed by atoms with Gasteiger partial charge in [0.05, 0.1) is 0 Å². The summed E-state index contributed by atoms with van der Waals surface area (Å²) in [5.74, 6) is 2.91. The Labute approximate surface area is 81.9 Å². The van der Waals surface area contributed by atoms with Gasteiger partial charge < -0.3 is 0 Å². The Hall–Kier alpha value is -0.330. The molecule has 1 radical (unpaired) electrons. The topological polar surface area (TPSA) is 17.1 Å². The van der Waals surface area contributed by atoms with Crippen LogP contribution in [0.2, 0.25) is 0 Å². The average Bonchev–Trinajstić information content (AvgIpc) is 2.04. The SMILES string of the molecule is CC1CCC(C(C)C)C(C[C]=O)C1. The lowest BCUT2D eigenvalue weighted by Crippen LogP contribution is -2.27. The van der Waals surface area contributed by atoms with E-state index in [1.165, 1.54) is 19.3 Å². The van der Waals surface area contributed by atoms with Gasteiger partial charge in [-0.25, -0.2) is 0 Å². The molecule has 13 heavy (non-hydrogen) atoms. The lowest BCUT2D eigenvalue weighted by Gasteiger charge is -2.36. The zero-order valence-electron chi connectivity index (χ0n) is 9.05. The van der Waals surface area contributed by atoms with E-state index in [0.29, 0.717) is 12.3 Å². The van der Waals surface area contributed by atoms with E-state index < -0.39 is 0 Å². The standard InChI is InChI=1S/C12H21O/c1-9(2)12-5-4-10(3)8-11(12)6-7-13/h9-12H,4-6,8H2,1-3H3. The zero-order chi connectivity index (χ0) is 9.84. The number of carbonyl (C=O) groups excluding carboxylic acids is 1. The Bertz CT molecular complexity index is 163. The van der Waals surface area contributed by atoms with E-state index in [1.807, 2.05) is 0 Å². The zero-order valence-corrected chi connectivity index (χ0v) is 9.05. The van der Waals surface area contributed by atoms with Crippen LogP contribution in [0.5, 0.6) is 0 Å². The summed E-state index contributed by atoms with van der Waals surface area (Å²) in [6, 6.07) is 0. The minimum absolute atomic E-state index is 0.612. The van der Waals surface area contributed by atoms with Crippen LogP contribution in [-0.4, -0.2) is 6.29 Å². The maximum Gasteiger partial charge on any atom is 0.198 e. The van der Waals surface area contributed by atoms with E-state index in [1.54, 1.807) is 0 Å². The summed E-state index contributed by atoms with van der Waals surface area (Å²) in [5, 5.41) is 0. The number of hydrogen-bond acceptors (Lipinski definition) is 1. The Morgan fingerprint density at radius 2 is 2.08 bits per heavy atom. The van der Waals surface area contributed by atoms with Crippen molar-refractivity contribution in [2.75, 3.05) is 0 Å². The first-order chi connectivity index (χ1) is 6.15. The predicted octanol–water partition coefficient (Wildman–Crippen LogP) is 3.19. The molecule has 1 heteroatoms. The fourth-order valence-corrected chi connectivity index (χ4v) is 2.74. The highest BCUT2D eigenvalue weighted by Gasteiger charge is 2.30. The molecule has 1 fully saturated rings. The molecule has 0 heterocycles. The van der Waals surface area contributed by atoms with Gasteiger partial charge >= 0.3 is 0 Å². The molecule has 1 saturated carbocycles. The molecule has 1 nitrogen and oxygen atoms in total. The van der Waals surface area contributed by atoms with Gasteiger partial charge in [-0.05, 0) is 36.5 Å². The molecule has 0 saturated heterocycles. The third-order valence-electron chi connectivity index (χ3n) is 3.51. The maximum absolute atomic E-state index is 10.4. The van der Waals surface area contributed by atoms with Gasteiger partial charge in [-0.3, -0.25) is 4.79 Å². The third-order valence-corrected chi connectivity index (χ3v) is 3.51. The molecule has 1 rings (SSSR count). The highest BCUT2D eigenvalue weighted by atomic mass is 16.1. The van der Waals surface area contributed by atoms with Gasteiger partial charge in [0.1, 0.15) is 0 Å². The molecule has 75 valence electrons. The van der Waals surface area contributed by atoms with Crippen molar-refractivity contribution >= 4 is 6.29 Å². The number of rotatable bonds is 3. The molecule has 0 aromatic heterocycles. The second kappa shape index (κ2) is 4.78. The largest absolute Gasteiger partial charge is 0.291 e. The lowest BCUT2D eigenvalue weighted by molar-refractivity contribution is 0.148. The predicted molar refractivity (Wildman–Crippen MR) is 55.1 cm³/mol. The maximum atomic E-state index is 10.4. The summed E-state index contributed by atoms with van der Waals surface area (Å²) < 4.78 is 0. The van der Waals surface area contributed by atoms with Gasteiger partial charge in [0, 0.05) is 6.42 Å². The van der Waals surface area contributed by atoms with Crippen LogP contribution in [0.3, 0.4) is 0 Å². The van der Waals surface area contributed by atoms with Crippen LogP contribution in [0.15, 0.2) is 0 Å². The molecule has 1 aliphatic carbocycles. The van der Waals surface area contributed by atoms with Crippen molar-refractivity contribution in [1.29, 1.82) is 0 Å². The molecule has 3 unspecified atom stereocenters. The summed E-state index contributed by atoms with van der Waals surface area (Å²) in [6.45, 7) is 6.85. The molecule has 0 aromatic rings. The quantitative estimate of drug-likeness (QED) is 0.653. The van der Waals surface area contributed by atoms with Crippen LogP contribution in [-0.2, 0) is 4.79 Å². The van der Waals surface area contributed by atoms with E-state index in [4.69, 9.17) is 0 Å². The van der Waals surface area contributed by atoms with Crippen molar-refractivity contribution in [3.63, 3.8) is 0 Å². The molecular formula is C12H21O. The Morgan fingerprint density at radius 1 is 1.38 bits per heavy atom. The van der Waals surface area contributed by atoms with Crippen LogP contribution in [0, 0.1) is 23.7 Å². The van der Waals surface area contributed by atoms with Gasteiger partial charge in [0.2, 0.25) is 0 Å². The second-order valence-corrected chi connectivity index (χ2v) is 4.93. The normalized spacial score (nSPS) is 34.9. The van der Waals surface area contributed by atoms with Gasteiger partial charge in [-0.15, -0.1) is 0 Å². The summed E-state index contributed by atoms with van der Waals surface area (Å²) in [4.78, 5) is 10.4. The van der Waals surface area contributed by atoms with Crippen LogP contribution >= 0.6 is 0 Å². The molecule has 0 bridgehead atoms. The smallest absolute Gasteiger partial charge is 0.198 e. The van der Waals surface area contributed by atoms with E-state index in [0.717, 1.165) is 17.8 Å².